The van der Waals surface area contributed by atoms with E-state index >= 15 is 0 Å². The second-order valence-corrected chi connectivity index (χ2v) is 14.2. The Morgan fingerprint density at radius 3 is 1.00 bits per heavy atom. The van der Waals surface area contributed by atoms with Gasteiger partial charge in [0, 0.05) is 24.6 Å². The standard InChI is InChI=1S/C19H42O4P2/c1-16(2)12-24(20,13-17(3)4)22-10-9-11-23-25(21,14-18(5)6)15-19(7)8/h16-19H,9-15H2,1-8H3. The van der Waals surface area contributed by atoms with Crippen LogP contribution < -0.4 is 0 Å². The Labute approximate surface area is 156 Å². The molecule has 4 nitrogen and oxygen atoms in total. The second-order valence-electron chi connectivity index (χ2n) is 8.95. The molecule has 0 atom stereocenters. The summed E-state index contributed by atoms with van der Waals surface area (Å²) in [6.45, 7) is 17.4. The third-order valence-electron chi connectivity index (χ3n) is 3.52. The van der Waals surface area contributed by atoms with Gasteiger partial charge in [-0.15, -0.1) is 0 Å². The van der Waals surface area contributed by atoms with Gasteiger partial charge in [-0.25, -0.2) is 0 Å². The topological polar surface area (TPSA) is 52.6 Å². The largest absolute Gasteiger partial charge is 0.328 e. The van der Waals surface area contributed by atoms with E-state index in [2.05, 4.69) is 55.4 Å². The smallest absolute Gasteiger partial charge is 0.203 e. The van der Waals surface area contributed by atoms with Gasteiger partial charge in [-0.3, -0.25) is 9.13 Å². The lowest BCUT2D eigenvalue weighted by atomic mass is 10.3. The van der Waals surface area contributed by atoms with Gasteiger partial charge in [-0.1, -0.05) is 55.4 Å². The van der Waals surface area contributed by atoms with Crippen molar-refractivity contribution in [1.29, 1.82) is 0 Å². The van der Waals surface area contributed by atoms with Crippen molar-refractivity contribution in [3.05, 3.63) is 0 Å². The van der Waals surface area contributed by atoms with E-state index in [0.717, 1.165) is 0 Å². The molecule has 0 radical (unpaired) electrons. The van der Waals surface area contributed by atoms with Crippen molar-refractivity contribution < 1.29 is 18.2 Å². The summed E-state index contributed by atoms with van der Waals surface area (Å²) >= 11 is 0. The summed E-state index contributed by atoms with van der Waals surface area (Å²) < 4.78 is 37.6. The van der Waals surface area contributed by atoms with Crippen LogP contribution in [0.4, 0.5) is 0 Å². The molecule has 0 aromatic rings. The average Bonchev–Trinajstić information content (AvgIpc) is 2.33. The first-order valence-corrected chi connectivity index (χ1v) is 13.8. The maximum Gasteiger partial charge on any atom is 0.203 e. The van der Waals surface area contributed by atoms with Crippen LogP contribution in [0.1, 0.15) is 61.8 Å². The molecule has 152 valence electrons. The summed E-state index contributed by atoms with van der Waals surface area (Å²) in [7, 11) is -5.16. The Morgan fingerprint density at radius 1 is 0.560 bits per heavy atom. The Hall–Kier alpha value is 0.380. The zero-order valence-corrected chi connectivity index (χ0v) is 19.6. The fourth-order valence-electron chi connectivity index (χ4n) is 3.11. The molecule has 0 aromatic carbocycles. The second kappa shape index (κ2) is 12.0. The minimum atomic E-state index is -2.58. The monoisotopic (exact) mass is 396 g/mol. The first kappa shape index (κ1) is 25.4. The molecule has 0 aromatic heterocycles. The van der Waals surface area contributed by atoms with E-state index in [1.165, 1.54) is 0 Å². The van der Waals surface area contributed by atoms with Crippen LogP contribution in [0.15, 0.2) is 0 Å². The van der Waals surface area contributed by atoms with Crippen molar-refractivity contribution in [1.82, 2.24) is 0 Å². The average molecular weight is 396 g/mol. The zero-order chi connectivity index (χ0) is 19.7. The Bertz CT molecular complexity index is 377. The zero-order valence-electron chi connectivity index (χ0n) is 17.8. The van der Waals surface area contributed by atoms with E-state index in [0.29, 0.717) is 68.0 Å². The predicted octanol–water partition coefficient (Wildman–Crippen LogP) is 6.59. The van der Waals surface area contributed by atoms with Crippen LogP contribution in [0.3, 0.4) is 0 Å². The molecular weight excluding hydrogens is 354 g/mol. The van der Waals surface area contributed by atoms with Crippen molar-refractivity contribution in [2.75, 3.05) is 37.9 Å². The highest BCUT2D eigenvalue weighted by Crippen LogP contribution is 2.51. The Balaban J connectivity index is 4.47. The summed E-state index contributed by atoms with van der Waals surface area (Å²) in [5.41, 5.74) is 0. The molecule has 0 aliphatic carbocycles. The van der Waals surface area contributed by atoms with E-state index in [4.69, 9.17) is 9.05 Å². The van der Waals surface area contributed by atoms with Gasteiger partial charge < -0.3 is 9.05 Å². The molecule has 25 heavy (non-hydrogen) atoms. The lowest BCUT2D eigenvalue weighted by molar-refractivity contribution is 0.244. The van der Waals surface area contributed by atoms with Crippen LogP contribution in [0.25, 0.3) is 0 Å². The number of hydrogen-bond acceptors (Lipinski definition) is 4. The van der Waals surface area contributed by atoms with Crippen LogP contribution in [0, 0.1) is 23.7 Å². The van der Waals surface area contributed by atoms with Crippen molar-refractivity contribution in [2.45, 2.75) is 61.8 Å². The third kappa shape index (κ3) is 13.2. The van der Waals surface area contributed by atoms with Crippen molar-refractivity contribution in [3.8, 4) is 0 Å². The van der Waals surface area contributed by atoms with E-state index in [9.17, 15) is 9.13 Å². The molecule has 0 amide bonds. The molecule has 0 saturated carbocycles. The summed E-state index contributed by atoms with van der Waals surface area (Å²) in [4.78, 5) is 0. The maximum absolute atomic E-state index is 13.0. The first-order valence-electron chi connectivity index (χ1n) is 9.82. The molecule has 0 heterocycles. The van der Waals surface area contributed by atoms with Gasteiger partial charge in [-0.05, 0) is 30.1 Å². The predicted molar refractivity (Wildman–Crippen MR) is 111 cm³/mol. The SMILES string of the molecule is CC(C)CP(=O)(CC(C)C)OCCCOP(=O)(CC(C)C)CC(C)C. The lowest BCUT2D eigenvalue weighted by Crippen LogP contribution is -2.12. The molecule has 0 aliphatic heterocycles. The van der Waals surface area contributed by atoms with Crippen LogP contribution in [-0.2, 0) is 18.2 Å². The highest BCUT2D eigenvalue weighted by atomic mass is 31.2. The molecule has 0 rings (SSSR count). The highest BCUT2D eigenvalue weighted by Gasteiger charge is 2.27. The summed E-state index contributed by atoms with van der Waals surface area (Å²) in [6.07, 6.45) is 3.16. The van der Waals surface area contributed by atoms with Crippen LogP contribution in [0.2, 0.25) is 0 Å². The first-order chi connectivity index (χ1) is 11.4. The van der Waals surface area contributed by atoms with Gasteiger partial charge in [0.15, 0.2) is 0 Å². The molecule has 0 spiro atoms. The molecule has 0 bridgehead atoms. The van der Waals surface area contributed by atoms with E-state index in [-0.39, 0.29) is 0 Å². The number of rotatable bonds is 14. The van der Waals surface area contributed by atoms with E-state index in [1.807, 2.05) is 0 Å². The van der Waals surface area contributed by atoms with Gasteiger partial charge in [0.2, 0.25) is 14.7 Å². The van der Waals surface area contributed by atoms with Crippen LogP contribution >= 0.6 is 14.7 Å². The summed E-state index contributed by atoms with van der Waals surface area (Å²) in [6, 6.07) is 0. The molecular formula is C19H42O4P2. The van der Waals surface area contributed by atoms with Gasteiger partial charge in [0.1, 0.15) is 0 Å². The summed E-state index contributed by atoms with van der Waals surface area (Å²) in [5.74, 6) is 1.44. The molecule has 0 fully saturated rings. The van der Waals surface area contributed by atoms with Gasteiger partial charge >= 0.3 is 0 Å². The van der Waals surface area contributed by atoms with Gasteiger partial charge in [0.25, 0.3) is 0 Å². The van der Waals surface area contributed by atoms with Crippen LogP contribution in [0.5, 0.6) is 0 Å². The lowest BCUT2D eigenvalue weighted by Gasteiger charge is -2.24. The van der Waals surface area contributed by atoms with Crippen molar-refractivity contribution >= 4 is 14.7 Å². The molecule has 0 N–H and O–H groups in total. The Morgan fingerprint density at radius 2 is 0.800 bits per heavy atom. The van der Waals surface area contributed by atoms with Crippen molar-refractivity contribution in [2.24, 2.45) is 23.7 Å². The highest BCUT2D eigenvalue weighted by molar-refractivity contribution is 7.59. The van der Waals surface area contributed by atoms with Crippen LogP contribution in [-0.4, -0.2) is 37.9 Å². The summed E-state index contributed by atoms with van der Waals surface area (Å²) in [5, 5.41) is 0. The molecule has 0 unspecified atom stereocenters. The minimum Gasteiger partial charge on any atom is -0.328 e. The molecule has 0 saturated heterocycles. The van der Waals surface area contributed by atoms with E-state index < -0.39 is 14.7 Å². The Kier molecular flexibility index (Phi) is 12.1. The maximum atomic E-state index is 13.0. The minimum absolute atomic E-state index is 0.359. The van der Waals surface area contributed by atoms with Gasteiger partial charge in [-0.2, -0.15) is 0 Å². The fourth-order valence-corrected chi connectivity index (χ4v) is 9.20. The fraction of sp³-hybridized carbons (Fsp3) is 1.00. The molecule has 6 heteroatoms. The number of hydrogen-bond donors (Lipinski definition) is 0. The third-order valence-corrected chi connectivity index (χ3v) is 9.97. The van der Waals surface area contributed by atoms with Crippen molar-refractivity contribution in [3.63, 3.8) is 0 Å². The van der Waals surface area contributed by atoms with E-state index in [1.54, 1.807) is 0 Å². The quantitative estimate of drug-likeness (QED) is 0.245. The van der Waals surface area contributed by atoms with Gasteiger partial charge in [0.05, 0.1) is 13.2 Å². The normalized spacial score (nSPS) is 13.6. The molecule has 0 aliphatic rings.